The maximum Gasteiger partial charge on any atom is 0.346 e. The lowest BCUT2D eigenvalue weighted by atomic mass is 10.0. The van der Waals surface area contributed by atoms with Gasteiger partial charge >= 0.3 is 5.97 Å². The third kappa shape index (κ3) is 9.83. The van der Waals surface area contributed by atoms with E-state index in [2.05, 4.69) is 97.2 Å². The molecule has 1 N–H and O–H groups in total. The molecule has 2 rings (SSSR count). The first-order valence-corrected chi connectivity index (χ1v) is 21.8. The summed E-state index contributed by atoms with van der Waals surface area (Å²) >= 11 is 2.16. The van der Waals surface area contributed by atoms with Gasteiger partial charge in [0.05, 0.1) is 3.57 Å². The highest BCUT2D eigenvalue weighted by Crippen LogP contribution is 2.43. The minimum absolute atomic E-state index is 0.0203. The Morgan fingerprint density at radius 2 is 1.54 bits per heavy atom. The smallest absolute Gasteiger partial charge is 0.346 e. The zero-order valence-corrected chi connectivity index (χ0v) is 31.4. The maximum atomic E-state index is 13.5. The fraction of sp³-hybridized carbons (Fsp3) is 0.606. The number of aromatic hydroxyl groups is 1. The number of benzene rings is 2. The van der Waals surface area contributed by atoms with Gasteiger partial charge in [-0.1, -0.05) is 98.1 Å². The van der Waals surface area contributed by atoms with Crippen LogP contribution in [0.1, 0.15) is 95.6 Å². The summed E-state index contributed by atoms with van der Waals surface area (Å²) < 4.78 is 20.0. The average molecular weight is 713 g/mol. The molecule has 0 unspecified atom stereocenters. The standard InChI is InChI=1S/C33H53IO5Si2/c1-12-13-15-20-26(38-40(8,9)32(2,3)4)21-25-22-27(39-41(10,11)33(5,6)7)28(30(35)29(25)34)31(36)37-23-24-18-16-14-17-19-24/h14,16-19,22,26,35H,12-13,15,20-21,23H2,1-11H3/t26-/m1/s1. The van der Waals surface area contributed by atoms with Gasteiger partial charge in [0.2, 0.25) is 0 Å². The molecule has 8 heteroatoms. The van der Waals surface area contributed by atoms with Crippen LogP contribution in [0.2, 0.25) is 36.3 Å². The van der Waals surface area contributed by atoms with Crippen LogP contribution >= 0.6 is 22.6 Å². The number of unbranched alkanes of at least 4 members (excludes halogenated alkanes) is 2. The SMILES string of the molecule is CCCCC[C@H](Cc1cc(O[Si](C)(C)C(C)(C)C)c(C(=O)OCc2ccccc2)c(O)c1I)O[Si](C)(C)C(C)(C)C. The summed E-state index contributed by atoms with van der Waals surface area (Å²) in [7, 11) is -4.37. The summed E-state index contributed by atoms with van der Waals surface area (Å²) in [4.78, 5) is 13.5. The summed E-state index contributed by atoms with van der Waals surface area (Å²) in [5.74, 6) is -0.252. The van der Waals surface area contributed by atoms with Crippen LogP contribution in [0, 0.1) is 3.57 Å². The van der Waals surface area contributed by atoms with Gasteiger partial charge in [0.15, 0.2) is 8.32 Å². The molecule has 0 heterocycles. The quantitative estimate of drug-likeness (QED) is 0.0970. The largest absolute Gasteiger partial charge is 0.543 e. The van der Waals surface area contributed by atoms with E-state index < -0.39 is 22.6 Å². The summed E-state index contributed by atoms with van der Waals surface area (Å²) in [5, 5.41) is 11.5. The van der Waals surface area contributed by atoms with Gasteiger partial charge in [-0.25, -0.2) is 4.79 Å². The topological polar surface area (TPSA) is 65.0 Å². The minimum atomic E-state index is -2.35. The molecule has 41 heavy (non-hydrogen) atoms. The molecule has 0 aliphatic rings. The minimum Gasteiger partial charge on any atom is -0.543 e. The van der Waals surface area contributed by atoms with Crippen LogP contribution in [0.4, 0.5) is 0 Å². The number of ether oxygens (including phenoxy) is 1. The lowest BCUT2D eigenvalue weighted by Gasteiger charge is -2.40. The second-order valence-electron chi connectivity index (χ2n) is 14.2. The molecule has 5 nitrogen and oxygen atoms in total. The number of phenols is 1. The Morgan fingerprint density at radius 1 is 0.951 bits per heavy atom. The van der Waals surface area contributed by atoms with E-state index in [1.807, 2.05) is 36.4 Å². The van der Waals surface area contributed by atoms with Crippen LogP contribution < -0.4 is 4.43 Å². The molecule has 0 radical (unpaired) electrons. The number of rotatable bonds is 13. The van der Waals surface area contributed by atoms with E-state index in [9.17, 15) is 9.90 Å². The van der Waals surface area contributed by atoms with Crippen LogP contribution in [-0.2, 0) is 22.2 Å². The Morgan fingerprint density at radius 3 is 2.07 bits per heavy atom. The molecule has 0 aliphatic carbocycles. The van der Waals surface area contributed by atoms with Crippen LogP contribution in [0.15, 0.2) is 36.4 Å². The molecule has 0 fully saturated rings. The maximum absolute atomic E-state index is 13.5. The van der Waals surface area contributed by atoms with Crippen LogP contribution in [0.5, 0.6) is 11.5 Å². The van der Waals surface area contributed by atoms with Crippen LogP contribution in [-0.4, -0.2) is 33.8 Å². The Labute approximate surface area is 265 Å². The average Bonchev–Trinajstić information content (AvgIpc) is 2.84. The van der Waals surface area contributed by atoms with Gasteiger partial charge < -0.3 is 18.7 Å². The first-order valence-electron chi connectivity index (χ1n) is 14.9. The highest BCUT2D eigenvalue weighted by Gasteiger charge is 2.41. The van der Waals surface area contributed by atoms with Crippen molar-refractivity contribution >= 4 is 45.2 Å². The fourth-order valence-corrected chi connectivity index (χ4v) is 7.04. The molecule has 2 aromatic rings. The molecule has 230 valence electrons. The van der Waals surface area contributed by atoms with Crippen molar-refractivity contribution < 1.29 is 23.5 Å². The molecule has 0 bridgehead atoms. The molecule has 0 spiro atoms. The second-order valence-corrected chi connectivity index (χ2v) is 24.8. The van der Waals surface area contributed by atoms with Gasteiger partial charge in [0.1, 0.15) is 23.7 Å². The van der Waals surface area contributed by atoms with Crippen molar-refractivity contribution in [3.8, 4) is 11.5 Å². The van der Waals surface area contributed by atoms with E-state index in [1.54, 1.807) is 0 Å². The van der Waals surface area contributed by atoms with E-state index in [0.717, 1.165) is 36.8 Å². The van der Waals surface area contributed by atoms with Gasteiger partial charge in [0.25, 0.3) is 8.32 Å². The number of halogens is 1. The summed E-state index contributed by atoms with van der Waals surface area (Å²) in [6, 6.07) is 11.5. The van der Waals surface area contributed by atoms with Crippen molar-refractivity contribution in [1.82, 2.24) is 0 Å². The number of carbonyl (C=O) groups excluding carboxylic acids is 1. The van der Waals surface area contributed by atoms with E-state index >= 15 is 0 Å². The first-order chi connectivity index (χ1) is 18.8. The van der Waals surface area contributed by atoms with Crippen molar-refractivity contribution in [3.63, 3.8) is 0 Å². The van der Waals surface area contributed by atoms with Crippen molar-refractivity contribution in [3.05, 3.63) is 56.7 Å². The normalized spacial score (nSPS) is 13.7. The molecular weight excluding hydrogens is 659 g/mol. The van der Waals surface area contributed by atoms with Crippen LogP contribution in [0.25, 0.3) is 0 Å². The van der Waals surface area contributed by atoms with Crippen molar-refractivity contribution in [2.75, 3.05) is 0 Å². The van der Waals surface area contributed by atoms with Gasteiger partial charge in [-0.2, -0.15) is 0 Å². The summed E-state index contributed by atoms with van der Waals surface area (Å²) in [6.45, 7) is 24.5. The predicted molar refractivity (Wildman–Crippen MR) is 184 cm³/mol. The molecule has 0 saturated heterocycles. The monoisotopic (exact) mass is 712 g/mol. The summed E-state index contributed by atoms with van der Waals surface area (Å²) in [6.07, 6.45) is 5.02. The molecule has 0 aliphatic heterocycles. The van der Waals surface area contributed by atoms with Gasteiger partial charge in [-0.05, 0) is 88.9 Å². The number of hydrogen-bond acceptors (Lipinski definition) is 5. The Hall–Kier alpha value is -1.37. The number of carbonyl (C=O) groups is 1. The fourth-order valence-electron chi connectivity index (χ4n) is 3.99. The zero-order chi connectivity index (χ0) is 31.2. The number of hydrogen-bond donors (Lipinski definition) is 1. The first kappa shape index (κ1) is 35.8. The Bertz CT molecular complexity index is 1150. The highest BCUT2D eigenvalue weighted by atomic mass is 127. The van der Waals surface area contributed by atoms with E-state index in [4.69, 9.17) is 13.6 Å². The van der Waals surface area contributed by atoms with Crippen LogP contribution in [0.3, 0.4) is 0 Å². The molecule has 0 aromatic heterocycles. The second kappa shape index (κ2) is 14.4. The third-order valence-corrected chi connectivity index (χ3v) is 18.8. The lowest BCUT2D eigenvalue weighted by molar-refractivity contribution is 0.0466. The third-order valence-electron chi connectivity index (χ3n) is 8.71. The van der Waals surface area contributed by atoms with E-state index in [1.165, 1.54) is 0 Å². The van der Waals surface area contributed by atoms with Gasteiger partial charge in [-0.15, -0.1) is 0 Å². The van der Waals surface area contributed by atoms with Crippen molar-refractivity contribution in [2.24, 2.45) is 0 Å². The van der Waals surface area contributed by atoms with Crippen molar-refractivity contribution in [1.29, 1.82) is 0 Å². The van der Waals surface area contributed by atoms with Crippen molar-refractivity contribution in [2.45, 2.75) is 130 Å². The molecule has 2 aromatic carbocycles. The lowest BCUT2D eigenvalue weighted by Crippen LogP contribution is -2.44. The molecular formula is C33H53IO5Si2. The number of esters is 1. The molecule has 0 amide bonds. The molecule has 1 atom stereocenters. The molecule has 0 saturated carbocycles. The number of phenolic OH excluding ortho intramolecular Hbond substituents is 1. The van der Waals surface area contributed by atoms with Gasteiger partial charge in [-0.3, -0.25) is 0 Å². The Kier molecular flexibility index (Phi) is 12.6. The summed E-state index contributed by atoms with van der Waals surface area (Å²) in [5.41, 5.74) is 1.93. The van der Waals surface area contributed by atoms with E-state index in [0.29, 0.717) is 15.7 Å². The van der Waals surface area contributed by atoms with E-state index in [-0.39, 0.29) is 34.1 Å². The predicted octanol–water partition coefficient (Wildman–Crippen LogP) is 10.3. The Balaban J connectivity index is 2.55. The van der Waals surface area contributed by atoms with Gasteiger partial charge in [0, 0.05) is 6.10 Å². The zero-order valence-electron chi connectivity index (χ0n) is 27.2. The highest BCUT2D eigenvalue weighted by molar-refractivity contribution is 14.1.